The molecule has 1 amide bonds. The number of carbonyl (C=O) groups excluding carboxylic acids is 1. The summed E-state index contributed by atoms with van der Waals surface area (Å²) >= 11 is 0. The Morgan fingerprint density at radius 2 is 2.08 bits per heavy atom. The van der Waals surface area contributed by atoms with Gasteiger partial charge in [0.1, 0.15) is 6.54 Å². The van der Waals surface area contributed by atoms with Crippen molar-refractivity contribution in [2.45, 2.75) is 46.3 Å². The second-order valence-electron chi connectivity index (χ2n) is 6.64. The third kappa shape index (κ3) is 5.02. The number of aromatic nitrogens is 6. The summed E-state index contributed by atoms with van der Waals surface area (Å²) in [7, 11) is 0. The molecule has 0 aliphatic carbocycles. The normalized spacial score (nSPS) is 16.1. The highest BCUT2D eigenvalue weighted by Crippen LogP contribution is 2.17. The number of tetrazole rings is 1. The number of nitrogens with zero attached hydrogens (tertiary/aromatic N) is 7. The summed E-state index contributed by atoms with van der Waals surface area (Å²) in [6, 6.07) is 0. The van der Waals surface area contributed by atoms with E-state index >= 15 is 0 Å². The molecule has 0 radical (unpaired) electrons. The average molecular weight is 344 g/mol. The number of amides is 1. The van der Waals surface area contributed by atoms with Gasteiger partial charge in [0.05, 0.1) is 30.7 Å². The fourth-order valence-corrected chi connectivity index (χ4v) is 2.77. The lowest BCUT2D eigenvalue weighted by Crippen LogP contribution is -2.34. The van der Waals surface area contributed by atoms with Crippen molar-refractivity contribution >= 4 is 5.91 Å². The monoisotopic (exact) mass is 344 g/mol. The molecule has 2 aromatic rings. The number of likely N-dealkylation sites (tertiary alicyclic amines) is 1. The second-order valence-corrected chi connectivity index (χ2v) is 6.64. The van der Waals surface area contributed by atoms with Crippen LogP contribution in [0.3, 0.4) is 0 Å². The van der Waals surface area contributed by atoms with Crippen LogP contribution in [0.4, 0.5) is 0 Å². The van der Waals surface area contributed by atoms with Gasteiger partial charge in [-0.05, 0) is 49.2 Å². The zero-order chi connectivity index (χ0) is 17.6. The van der Waals surface area contributed by atoms with Gasteiger partial charge in [0.15, 0.2) is 5.82 Å². The molecule has 1 fully saturated rings. The number of hydrogen-bond donors (Lipinski definition) is 1. The molecule has 3 rings (SSSR count). The van der Waals surface area contributed by atoms with Crippen LogP contribution in [-0.2, 0) is 24.4 Å². The van der Waals surface area contributed by atoms with Gasteiger partial charge in [-0.3, -0.25) is 19.7 Å². The highest BCUT2D eigenvalue weighted by molar-refractivity contribution is 5.75. The van der Waals surface area contributed by atoms with Gasteiger partial charge < -0.3 is 5.32 Å². The van der Waals surface area contributed by atoms with Crippen molar-refractivity contribution in [2.75, 3.05) is 13.1 Å². The van der Waals surface area contributed by atoms with Gasteiger partial charge in [0, 0.05) is 6.20 Å². The highest BCUT2D eigenvalue weighted by Gasteiger charge is 2.19. The van der Waals surface area contributed by atoms with Crippen LogP contribution in [-0.4, -0.2) is 54.1 Å². The Hall–Kier alpha value is -2.42. The van der Waals surface area contributed by atoms with E-state index < -0.39 is 0 Å². The molecule has 1 saturated heterocycles. The molecule has 0 atom stereocenters. The highest BCUT2D eigenvalue weighted by atomic mass is 16.2. The van der Waals surface area contributed by atoms with E-state index in [1.807, 2.05) is 6.92 Å². The fraction of sp³-hybridized carbons (Fsp3) is 0.625. The van der Waals surface area contributed by atoms with Gasteiger partial charge in [-0.15, -0.1) is 5.10 Å². The van der Waals surface area contributed by atoms with E-state index in [0.717, 1.165) is 36.2 Å². The van der Waals surface area contributed by atoms with Crippen LogP contribution in [0.15, 0.2) is 12.4 Å². The Morgan fingerprint density at radius 1 is 1.28 bits per heavy atom. The van der Waals surface area contributed by atoms with Crippen LogP contribution in [0.5, 0.6) is 0 Å². The molecule has 134 valence electrons. The third-order valence-corrected chi connectivity index (χ3v) is 4.44. The molecule has 0 saturated carbocycles. The van der Waals surface area contributed by atoms with E-state index in [1.54, 1.807) is 17.1 Å². The molecule has 0 aromatic carbocycles. The van der Waals surface area contributed by atoms with Gasteiger partial charge in [0.2, 0.25) is 5.91 Å². The van der Waals surface area contributed by atoms with E-state index in [9.17, 15) is 4.79 Å². The van der Waals surface area contributed by atoms with E-state index in [4.69, 9.17) is 0 Å². The predicted molar refractivity (Wildman–Crippen MR) is 90.1 cm³/mol. The topological polar surface area (TPSA) is 102 Å². The molecule has 1 aliphatic rings. The van der Waals surface area contributed by atoms with Gasteiger partial charge >= 0.3 is 0 Å². The van der Waals surface area contributed by atoms with E-state index in [0.29, 0.717) is 13.1 Å². The summed E-state index contributed by atoms with van der Waals surface area (Å²) in [5.41, 5.74) is 1.57. The predicted octanol–water partition coefficient (Wildman–Crippen LogP) is 0.320. The first kappa shape index (κ1) is 17.4. The van der Waals surface area contributed by atoms with Crippen molar-refractivity contribution in [3.8, 4) is 0 Å². The van der Waals surface area contributed by atoms with E-state index in [2.05, 4.69) is 42.6 Å². The number of hydrogen-bond acceptors (Lipinski definition) is 7. The Bertz CT molecular complexity index is 690. The lowest BCUT2D eigenvalue weighted by atomic mass is 9.99. The minimum absolute atomic E-state index is 0.103. The molecule has 0 unspecified atom stereocenters. The maximum absolute atomic E-state index is 12.1. The van der Waals surface area contributed by atoms with Crippen molar-refractivity contribution in [3.05, 3.63) is 29.6 Å². The minimum atomic E-state index is -0.150. The van der Waals surface area contributed by atoms with Crippen molar-refractivity contribution in [1.82, 2.24) is 40.4 Å². The number of aryl methyl sites for hydroxylation is 1. The first-order chi connectivity index (χ1) is 12.1. The summed E-state index contributed by atoms with van der Waals surface area (Å²) in [6.07, 6.45) is 5.73. The molecule has 1 N–H and O–H groups in total. The minimum Gasteiger partial charge on any atom is -0.349 e. The molecule has 0 spiro atoms. The Balaban J connectivity index is 1.50. The molecular weight excluding hydrogens is 320 g/mol. The Kier molecular flexibility index (Phi) is 5.64. The summed E-state index contributed by atoms with van der Waals surface area (Å²) in [6.45, 7) is 7.37. The Labute approximate surface area is 146 Å². The summed E-state index contributed by atoms with van der Waals surface area (Å²) in [5, 5.41) is 14.6. The SMILES string of the molecule is Cc1cnc(CNC(=O)Cn2nnnc2CN2CCC(C)CC2)cn1. The molecule has 1 aliphatic heterocycles. The number of carbonyl (C=O) groups is 1. The molecule has 3 heterocycles. The molecule has 2 aromatic heterocycles. The molecule has 9 heteroatoms. The maximum atomic E-state index is 12.1. The van der Waals surface area contributed by atoms with Gasteiger partial charge in [-0.25, -0.2) is 4.68 Å². The van der Waals surface area contributed by atoms with E-state index in [1.165, 1.54) is 12.8 Å². The molecule has 9 nitrogen and oxygen atoms in total. The van der Waals surface area contributed by atoms with E-state index in [-0.39, 0.29) is 12.5 Å². The van der Waals surface area contributed by atoms with Crippen molar-refractivity contribution < 1.29 is 4.79 Å². The summed E-state index contributed by atoms with van der Waals surface area (Å²) in [5.74, 6) is 1.35. The Morgan fingerprint density at radius 3 is 2.80 bits per heavy atom. The summed E-state index contributed by atoms with van der Waals surface area (Å²) in [4.78, 5) is 22.9. The van der Waals surface area contributed by atoms with Crippen molar-refractivity contribution in [3.63, 3.8) is 0 Å². The number of nitrogens with one attached hydrogen (secondary N) is 1. The smallest absolute Gasteiger partial charge is 0.242 e. The van der Waals surface area contributed by atoms with Gasteiger partial charge in [-0.2, -0.15) is 0 Å². The van der Waals surface area contributed by atoms with Crippen LogP contribution in [0.1, 0.15) is 37.0 Å². The van der Waals surface area contributed by atoms with Crippen LogP contribution >= 0.6 is 0 Å². The standard InChI is InChI=1S/C16H24N8O/c1-12-3-5-23(6-4-12)10-15-20-21-22-24(15)11-16(25)19-9-14-8-17-13(2)7-18-14/h7-8,12H,3-6,9-11H2,1-2H3,(H,19,25). The van der Waals surface area contributed by atoms with Crippen LogP contribution < -0.4 is 5.32 Å². The fourth-order valence-electron chi connectivity index (χ4n) is 2.77. The van der Waals surface area contributed by atoms with Crippen molar-refractivity contribution in [1.29, 1.82) is 0 Å². The van der Waals surface area contributed by atoms with Crippen LogP contribution in [0.2, 0.25) is 0 Å². The average Bonchev–Trinajstić information content (AvgIpc) is 3.03. The first-order valence-electron chi connectivity index (χ1n) is 8.62. The van der Waals surface area contributed by atoms with Gasteiger partial charge in [0.25, 0.3) is 0 Å². The first-order valence-corrected chi connectivity index (χ1v) is 8.62. The summed E-state index contributed by atoms with van der Waals surface area (Å²) < 4.78 is 1.56. The third-order valence-electron chi connectivity index (χ3n) is 4.44. The van der Waals surface area contributed by atoms with Crippen molar-refractivity contribution in [2.24, 2.45) is 5.92 Å². The zero-order valence-electron chi connectivity index (χ0n) is 14.7. The second kappa shape index (κ2) is 8.11. The quantitative estimate of drug-likeness (QED) is 0.805. The molecule has 25 heavy (non-hydrogen) atoms. The van der Waals surface area contributed by atoms with Gasteiger partial charge in [-0.1, -0.05) is 6.92 Å². The largest absolute Gasteiger partial charge is 0.349 e. The molecule has 0 bridgehead atoms. The lowest BCUT2D eigenvalue weighted by Gasteiger charge is -2.29. The molecular formula is C16H24N8O. The zero-order valence-corrected chi connectivity index (χ0v) is 14.7. The van der Waals surface area contributed by atoms with Crippen LogP contribution in [0, 0.1) is 12.8 Å². The lowest BCUT2D eigenvalue weighted by molar-refractivity contribution is -0.122. The number of piperidine rings is 1. The van der Waals surface area contributed by atoms with Crippen LogP contribution in [0.25, 0.3) is 0 Å². The maximum Gasteiger partial charge on any atom is 0.242 e. The number of rotatable bonds is 6.